The predicted octanol–water partition coefficient (Wildman–Crippen LogP) is 1.14. The van der Waals surface area contributed by atoms with Crippen molar-refractivity contribution in [1.82, 2.24) is 14.9 Å². The number of benzene rings is 1. The molecule has 1 aromatic heterocycles. The zero-order chi connectivity index (χ0) is 14.9. The molecule has 20 heavy (non-hydrogen) atoms. The summed E-state index contributed by atoms with van der Waals surface area (Å²) < 4.78 is 0. The van der Waals surface area contributed by atoms with Gasteiger partial charge in [-0.2, -0.15) is 0 Å². The van der Waals surface area contributed by atoms with E-state index in [4.69, 9.17) is 5.11 Å². The van der Waals surface area contributed by atoms with Crippen LogP contribution in [0.4, 0.5) is 0 Å². The minimum Gasteiger partial charge on any atom is -0.480 e. The Kier molecular flexibility index (Phi) is 3.85. The van der Waals surface area contributed by atoms with Crippen LogP contribution in [-0.4, -0.2) is 39.0 Å². The highest BCUT2D eigenvalue weighted by Crippen LogP contribution is 2.12. The minimum absolute atomic E-state index is 0.204. The largest absolute Gasteiger partial charge is 0.480 e. The fourth-order valence-corrected chi connectivity index (χ4v) is 1.99. The fourth-order valence-electron chi connectivity index (χ4n) is 1.99. The molecule has 0 aliphatic heterocycles. The third kappa shape index (κ3) is 2.70. The van der Waals surface area contributed by atoms with E-state index in [1.165, 1.54) is 0 Å². The molecule has 0 spiro atoms. The predicted molar refractivity (Wildman–Crippen MR) is 75.7 cm³/mol. The normalized spacial score (nSPS) is 12.8. The lowest BCUT2D eigenvalue weighted by Crippen LogP contribution is -2.36. The first-order chi connectivity index (χ1) is 9.40. The first kappa shape index (κ1) is 14.2. The molecule has 0 aliphatic rings. The molecule has 6 heteroatoms. The Morgan fingerprint density at radius 2 is 2.20 bits per heavy atom. The van der Waals surface area contributed by atoms with Crippen LogP contribution in [0.1, 0.15) is 18.3 Å². The Hall–Kier alpha value is -2.21. The lowest BCUT2D eigenvalue weighted by atomic mass is 10.1. The van der Waals surface area contributed by atoms with Gasteiger partial charge >= 0.3 is 5.97 Å². The van der Waals surface area contributed by atoms with Gasteiger partial charge in [-0.3, -0.25) is 14.5 Å². The maximum Gasteiger partial charge on any atom is 0.320 e. The van der Waals surface area contributed by atoms with Crippen molar-refractivity contribution in [3.63, 3.8) is 0 Å². The number of carboxylic acids is 1. The molecule has 1 atom stereocenters. The second kappa shape index (κ2) is 5.42. The van der Waals surface area contributed by atoms with Gasteiger partial charge in [0.25, 0.3) is 5.56 Å². The highest BCUT2D eigenvalue weighted by molar-refractivity contribution is 5.80. The molecule has 0 fully saturated rings. The first-order valence-electron chi connectivity index (χ1n) is 6.31. The average molecular weight is 275 g/mol. The van der Waals surface area contributed by atoms with E-state index in [9.17, 15) is 9.59 Å². The van der Waals surface area contributed by atoms with Crippen LogP contribution in [0.5, 0.6) is 0 Å². The minimum atomic E-state index is -0.910. The third-order valence-electron chi connectivity index (χ3n) is 3.40. The number of aromatic amines is 1. The number of aryl methyl sites for hydroxylation is 1. The topological polar surface area (TPSA) is 86.3 Å². The maximum absolute atomic E-state index is 12.0. The van der Waals surface area contributed by atoms with E-state index in [1.54, 1.807) is 24.9 Å². The van der Waals surface area contributed by atoms with Crippen molar-refractivity contribution in [3.8, 4) is 0 Å². The summed E-state index contributed by atoms with van der Waals surface area (Å²) in [4.78, 5) is 31.7. The molecule has 1 unspecified atom stereocenters. The van der Waals surface area contributed by atoms with Gasteiger partial charge in [0.2, 0.25) is 0 Å². The van der Waals surface area contributed by atoms with Crippen LogP contribution in [-0.2, 0) is 11.3 Å². The summed E-state index contributed by atoms with van der Waals surface area (Å²) in [6.45, 7) is 3.75. The molecular formula is C14H17N3O3. The van der Waals surface area contributed by atoms with Gasteiger partial charge in [-0.15, -0.1) is 0 Å². The summed E-state index contributed by atoms with van der Waals surface area (Å²) in [5.41, 5.74) is 1.37. The molecule has 2 N–H and O–H groups in total. The van der Waals surface area contributed by atoms with Gasteiger partial charge in [-0.05, 0) is 32.5 Å². The van der Waals surface area contributed by atoms with E-state index < -0.39 is 12.0 Å². The number of fused-ring (bicyclic) bond motifs is 1. The van der Waals surface area contributed by atoms with E-state index in [1.807, 2.05) is 19.1 Å². The van der Waals surface area contributed by atoms with Crippen molar-refractivity contribution >= 4 is 16.9 Å². The van der Waals surface area contributed by atoms with E-state index in [2.05, 4.69) is 9.97 Å². The average Bonchev–Trinajstić information content (AvgIpc) is 2.39. The number of carboxylic acid groups (broad SMARTS) is 1. The molecule has 2 aromatic rings. The van der Waals surface area contributed by atoms with Crippen LogP contribution >= 0.6 is 0 Å². The van der Waals surface area contributed by atoms with E-state index in [0.29, 0.717) is 16.7 Å². The lowest BCUT2D eigenvalue weighted by molar-refractivity contribution is -0.142. The summed E-state index contributed by atoms with van der Waals surface area (Å²) in [6, 6.07) is 4.78. The van der Waals surface area contributed by atoms with Gasteiger partial charge in [-0.1, -0.05) is 12.1 Å². The smallest absolute Gasteiger partial charge is 0.320 e. The van der Waals surface area contributed by atoms with Gasteiger partial charge in [-0.25, -0.2) is 4.98 Å². The van der Waals surface area contributed by atoms with Crippen LogP contribution in [0.3, 0.4) is 0 Å². The van der Waals surface area contributed by atoms with E-state index >= 15 is 0 Å². The van der Waals surface area contributed by atoms with E-state index in [-0.39, 0.29) is 12.1 Å². The van der Waals surface area contributed by atoms with Crippen molar-refractivity contribution in [3.05, 3.63) is 39.9 Å². The molecule has 0 saturated carbocycles. The zero-order valence-corrected chi connectivity index (χ0v) is 11.7. The molecule has 1 heterocycles. The standard InChI is InChI=1S/C14H17N3O3/c1-8-5-4-6-10-12(8)15-11(16-13(10)18)7-17(3)9(2)14(19)20/h4-6,9H,7H2,1-3H3,(H,19,20)(H,15,16,18). The van der Waals surface area contributed by atoms with E-state index in [0.717, 1.165) is 5.56 Å². The SMILES string of the molecule is Cc1cccc2c(=O)[nH]c(CN(C)C(C)C(=O)O)nc12. The van der Waals surface area contributed by atoms with Crippen LogP contribution < -0.4 is 5.56 Å². The Balaban J connectivity index is 2.39. The highest BCUT2D eigenvalue weighted by atomic mass is 16.4. The monoisotopic (exact) mass is 275 g/mol. The van der Waals surface area contributed by atoms with Crippen molar-refractivity contribution in [2.45, 2.75) is 26.4 Å². The Labute approximate surface area is 116 Å². The van der Waals surface area contributed by atoms with Gasteiger partial charge in [0, 0.05) is 0 Å². The molecule has 2 rings (SSSR count). The summed E-state index contributed by atoms with van der Waals surface area (Å²) in [5.74, 6) is -0.445. The molecule has 106 valence electrons. The van der Waals surface area contributed by atoms with Crippen LogP contribution in [0.2, 0.25) is 0 Å². The number of hydrogen-bond acceptors (Lipinski definition) is 4. The van der Waals surface area contributed by atoms with Crippen molar-refractivity contribution < 1.29 is 9.90 Å². The van der Waals surface area contributed by atoms with Crippen LogP contribution in [0, 0.1) is 6.92 Å². The van der Waals surface area contributed by atoms with Crippen molar-refractivity contribution in [1.29, 1.82) is 0 Å². The third-order valence-corrected chi connectivity index (χ3v) is 3.40. The van der Waals surface area contributed by atoms with Crippen molar-refractivity contribution in [2.75, 3.05) is 7.05 Å². The summed E-state index contributed by atoms with van der Waals surface area (Å²) in [6.07, 6.45) is 0. The van der Waals surface area contributed by atoms with Gasteiger partial charge in [0.15, 0.2) is 0 Å². The molecule has 0 saturated heterocycles. The molecule has 1 aromatic carbocycles. The number of nitrogens with zero attached hydrogens (tertiary/aromatic N) is 2. The van der Waals surface area contributed by atoms with Crippen LogP contribution in [0.15, 0.2) is 23.0 Å². The summed E-state index contributed by atoms with van der Waals surface area (Å²) in [5, 5.41) is 9.51. The number of nitrogens with one attached hydrogen (secondary N) is 1. The molecule has 0 bridgehead atoms. The number of aromatic nitrogens is 2. The molecule has 6 nitrogen and oxygen atoms in total. The molecule has 0 radical (unpaired) electrons. The first-order valence-corrected chi connectivity index (χ1v) is 6.31. The van der Waals surface area contributed by atoms with Crippen LogP contribution in [0.25, 0.3) is 10.9 Å². The highest BCUT2D eigenvalue weighted by Gasteiger charge is 2.18. The molecule has 0 amide bonds. The quantitative estimate of drug-likeness (QED) is 0.873. The number of aliphatic carboxylic acids is 1. The number of hydrogen-bond donors (Lipinski definition) is 2. The van der Waals surface area contributed by atoms with Gasteiger partial charge < -0.3 is 10.1 Å². The molecule has 0 aliphatic carbocycles. The number of likely N-dealkylation sites (N-methyl/N-ethyl adjacent to an activating group) is 1. The van der Waals surface area contributed by atoms with Gasteiger partial charge in [0.1, 0.15) is 11.9 Å². The Bertz CT molecular complexity index is 708. The Morgan fingerprint density at radius 1 is 1.50 bits per heavy atom. The van der Waals surface area contributed by atoms with Gasteiger partial charge in [0.05, 0.1) is 17.4 Å². The second-order valence-corrected chi connectivity index (χ2v) is 4.91. The van der Waals surface area contributed by atoms with Crippen molar-refractivity contribution in [2.24, 2.45) is 0 Å². The summed E-state index contributed by atoms with van der Waals surface area (Å²) >= 11 is 0. The maximum atomic E-state index is 12.0. The second-order valence-electron chi connectivity index (χ2n) is 4.91. The summed E-state index contributed by atoms with van der Waals surface area (Å²) in [7, 11) is 1.68. The molecular weight excluding hydrogens is 258 g/mol. The zero-order valence-electron chi connectivity index (χ0n) is 11.7. The fraction of sp³-hybridized carbons (Fsp3) is 0.357. The Morgan fingerprint density at radius 3 is 2.85 bits per heavy atom. The lowest BCUT2D eigenvalue weighted by Gasteiger charge is -2.20. The number of para-hydroxylation sites is 1. The number of carbonyl (C=O) groups is 1. The number of H-pyrrole nitrogens is 1. The number of rotatable bonds is 4.